The van der Waals surface area contributed by atoms with Crippen molar-refractivity contribution in [3.8, 4) is 11.3 Å². The van der Waals surface area contributed by atoms with Crippen molar-refractivity contribution in [2.45, 2.75) is 39.2 Å². The number of aryl methyl sites for hydroxylation is 2. The van der Waals surface area contributed by atoms with E-state index in [1.54, 1.807) is 23.1 Å². The number of benzene rings is 2. The summed E-state index contributed by atoms with van der Waals surface area (Å²) in [5.74, 6) is -0.767. The molecule has 3 heterocycles. The number of aromatic nitrogens is 3. The van der Waals surface area contributed by atoms with Crippen LogP contribution in [-0.2, 0) is 6.42 Å². The number of fused-ring (bicyclic) bond motifs is 2. The molecule has 0 unspecified atom stereocenters. The van der Waals surface area contributed by atoms with Crippen LogP contribution in [0.3, 0.4) is 0 Å². The van der Waals surface area contributed by atoms with Crippen LogP contribution in [0.15, 0.2) is 54.7 Å². The highest BCUT2D eigenvalue weighted by Gasteiger charge is 2.32. The molecule has 1 amide bonds. The molecule has 1 atom stereocenters. The molecule has 0 aliphatic carbocycles. The summed E-state index contributed by atoms with van der Waals surface area (Å²) in [5, 5.41) is 4.07. The van der Waals surface area contributed by atoms with Crippen LogP contribution >= 0.6 is 0 Å². The first-order chi connectivity index (χ1) is 15.8. The lowest BCUT2D eigenvalue weighted by atomic mass is 9.96. The minimum atomic E-state index is -2.81. The molecule has 0 saturated carbocycles. The third-order valence-corrected chi connectivity index (χ3v) is 6.09. The zero-order valence-electron chi connectivity index (χ0n) is 18.1. The first-order valence-corrected chi connectivity index (χ1v) is 10.7. The number of anilines is 1. The molecule has 0 N–H and O–H groups in total. The molecule has 5 rings (SSSR count). The molecule has 0 saturated heterocycles. The molecule has 2 aromatic heterocycles. The second-order valence-corrected chi connectivity index (χ2v) is 8.36. The van der Waals surface area contributed by atoms with E-state index >= 15 is 0 Å². The minimum absolute atomic E-state index is 0.0646. The minimum Gasteiger partial charge on any atom is -0.305 e. The molecule has 4 aromatic rings. The van der Waals surface area contributed by atoms with Gasteiger partial charge in [0.05, 0.1) is 11.9 Å². The van der Waals surface area contributed by atoms with Gasteiger partial charge in [0.15, 0.2) is 5.65 Å². The maximum atomic E-state index is 13.9. The Kier molecular flexibility index (Phi) is 5.15. The summed E-state index contributed by atoms with van der Waals surface area (Å²) in [5.41, 5.74) is 3.22. The Bertz CT molecular complexity index is 1360. The van der Waals surface area contributed by atoms with Gasteiger partial charge in [-0.05, 0) is 56.5 Å². The highest BCUT2D eigenvalue weighted by Crippen LogP contribution is 2.34. The van der Waals surface area contributed by atoms with E-state index in [0.717, 1.165) is 15.6 Å². The van der Waals surface area contributed by atoms with Crippen molar-refractivity contribution in [3.05, 3.63) is 82.9 Å². The van der Waals surface area contributed by atoms with Crippen LogP contribution in [0, 0.1) is 12.7 Å². The molecular formula is C25H21F3N4O. The van der Waals surface area contributed by atoms with Crippen molar-refractivity contribution < 1.29 is 18.0 Å². The van der Waals surface area contributed by atoms with Gasteiger partial charge in [-0.1, -0.05) is 29.8 Å². The Labute approximate surface area is 188 Å². The van der Waals surface area contributed by atoms with E-state index in [9.17, 15) is 18.0 Å². The van der Waals surface area contributed by atoms with Crippen LogP contribution in [0.4, 0.5) is 18.9 Å². The van der Waals surface area contributed by atoms with Gasteiger partial charge in [-0.25, -0.2) is 22.7 Å². The Morgan fingerprint density at radius 2 is 1.88 bits per heavy atom. The van der Waals surface area contributed by atoms with E-state index in [4.69, 9.17) is 0 Å². The van der Waals surface area contributed by atoms with Crippen LogP contribution in [0.2, 0.25) is 0 Å². The topological polar surface area (TPSA) is 50.5 Å². The molecule has 168 valence electrons. The van der Waals surface area contributed by atoms with Gasteiger partial charge in [0.2, 0.25) is 0 Å². The first kappa shape index (κ1) is 21.2. The number of carbonyl (C=O) groups is 1. The summed E-state index contributed by atoms with van der Waals surface area (Å²) in [7, 11) is 0. The molecule has 0 bridgehead atoms. The number of alkyl halides is 2. The van der Waals surface area contributed by atoms with E-state index < -0.39 is 12.3 Å². The molecular weight excluding hydrogens is 429 g/mol. The second-order valence-electron chi connectivity index (χ2n) is 8.36. The number of hydrogen-bond donors (Lipinski definition) is 0. The fourth-order valence-corrected chi connectivity index (χ4v) is 4.32. The Hall–Kier alpha value is -3.68. The number of nitrogens with zero attached hydrogens (tertiary/aromatic N) is 4. The number of amides is 1. The molecule has 33 heavy (non-hydrogen) atoms. The number of hydrogen-bond acceptors (Lipinski definition) is 3. The fraction of sp³-hybridized carbons (Fsp3) is 0.240. The Morgan fingerprint density at radius 3 is 2.61 bits per heavy atom. The van der Waals surface area contributed by atoms with Gasteiger partial charge in [0, 0.05) is 17.3 Å². The molecule has 8 heteroatoms. The summed E-state index contributed by atoms with van der Waals surface area (Å²) in [6.45, 7) is 3.84. The van der Waals surface area contributed by atoms with Crippen LogP contribution in [0.5, 0.6) is 0 Å². The summed E-state index contributed by atoms with van der Waals surface area (Å²) < 4.78 is 42.6. The quantitative estimate of drug-likeness (QED) is 0.399. The van der Waals surface area contributed by atoms with Gasteiger partial charge in [0.1, 0.15) is 17.1 Å². The molecule has 1 aliphatic heterocycles. The second kappa shape index (κ2) is 8.03. The molecule has 1 aliphatic rings. The summed E-state index contributed by atoms with van der Waals surface area (Å²) in [6, 6.07) is 12.8. The lowest BCUT2D eigenvalue weighted by Crippen LogP contribution is -2.42. The van der Waals surface area contributed by atoms with Crippen LogP contribution in [-0.4, -0.2) is 26.5 Å². The van der Waals surface area contributed by atoms with Crippen molar-refractivity contribution in [2.24, 2.45) is 0 Å². The van der Waals surface area contributed by atoms with Gasteiger partial charge in [-0.15, -0.1) is 0 Å². The number of carbonyl (C=O) groups excluding carboxylic acids is 1. The largest absolute Gasteiger partial charge is 0.305 e. The molecule has 5 nitrogen and oxygen atoms in total. The maximum absolute atomic E-state index is 13.9. The van der Waals surface area contributed by atoms with Crippen molar-refractivity contribution in [2.75, 3.05) is 4.90 Å². The van der Waals surface area contributed by atoms with Gasteiger partial charge < -0.3 is 4.90 Å². The van der Waals surface area contributed by atoms with E-state index in [2.05, 4.69) is 10.1 Å². The van der Waals surface area contributed by atoms with Crippen LogP contribution in [0.1, 0.15) is 46.9 Å². The van der Waals surface area contributed by atoms with Crippen molar-refractivity contribution >= 4 is 17.2 Å². The molecule has 0 fully saturated rings. The predicted octanol–water partition coefficient (Wildman–Crippen LogP) is 5.76. The lowest BCUT2D eigenvalue weighted by Gasteiger charge is -2.35. The normalized spacial score (nSPS) is 15.8. The summed E-state index contributed by atoms with van der Waals surface area (Å²) in [4.78, 5) is 19.8. The monoisotopic (exact) mass is 450 g/mol. The van der Waals surface area contributed by atoms with Gasteiger partial charge in [0.25, 0.3) is 12.3 Å². The third kappa shape index (κ3) is 3.65. The van der Waals surface area contributed by atoms with E-state index in [1.807, 2.05) is 26.0 Å². The predicted molar refractivity (Wildman–Crippen MR) is 119 cm³/mol. The van der Waals surface area contributed by atoms with Gasteiger partial charge in [-0.3, -0.25) is 4.79 Å². The average Bonchev–Trinajstić information content (AvgIpc) is 3.22. The molecule has 0 spiro atoms. The SMILES string of the molecule is Cc1ccc(-c2cc(C(F)F)n3ncc(C(=O)N4c5ccc(F)cc5CC[C@@H]4C)c3n2)cc1. The fourth-order valence-electron chi connectivity index (χ4n) is 4.32. The highest BCUT2D eigenvalue weighted by molar-refractivity contribution is 6.10. The standard InChI is InChI=1S/C25H21F3N4O/c1-14-3-6-16(7-4-14)20-12-22(23(27)28)32-24(30-20)19(13-29-32)25(33)31-15(2)5-8-17-11-18(26)9-10-21(17)31/h3-4,6-7,9-13,15,23H,5,8H2,1-2H3/t15-/m0/s1. The van der Waals surface area contributed by atoms with E-state index in [1.165, 1.54) is 24.4 Å². The van der Waals surface area contributed by atoms with Crippen LogP contribution < -0.4 is 4.90 Å². The zero-order valence-corrected chi connectivity index (χ0v) is 18.1. The number of rotatable bonds is 3. The first-order valence-electron chi connectivity index (χ1n) is 10.7. The molecule has 2 aromatic carbocycles. The Balaban J connectivity index is 1.66. The van der Waals surface area contributed by atoms with E-state index in [-0.39, 0.29) is 28.8 Å². The Morgan fingerprint density at radius 1 is 1.12 bits per heavy atom. The molecule has 0 radical (unpaired) electrons. The van der Waals surface area contributed by atoms with Crippen LogP contribution in [0.25, 0.3) is 16.9 Å². The van der Waals surface area contributed by atoms with Crippen molar-refractivity contribution in [1.29, 1.82) is 0 Å². The van der Waals surface area contributed by atoms with E-state index in [0.29, 0.717) is 29.8 Å². The highest BCUT2D eigenvalue weighted by atomic mass is 19.3. The van der Waals surface area contributed by atoms with Gasteiger partial charge in [-0.2, -0.15) is 5.10 Å². The zero-order chi connectivity index (χ0) is 23.3. The number of halogens is 3. The van der Waals surface area contributed by atoms with Crippen molar-refractivity contribution in [3.63, 3.8) is 0 Å². The average molecular weight is 450 g/mol. The summed E-state index contributed by atoms with van der Waals surface area (Å²) in [6.07, 6.45) is -0.218. The van der Waals surface area contributed by atoms with Crippen molar-refractivity contribution in [1.82, 2.24) is 14.6 Å². The lowest BCUT2D eigenvalue weighted by molar-refractivity contribution is 0.0976. The maximum Gasteiger partial charge on any atom is 0.280 e. The van der Waals surface area contributed by atoms with Gasteiger partial charge >= 0.3 is 0 Å². The third-order valence-electron chi connectivity index (χ3n) is 6.09. The summed E-state index contributed by atoms with van der Waals surface area (Å²) >= 11 is 0. The smallest absolute Gasteiger partial charge is 0.280 e.